The number of anilines is 1. The highest BCUT2D eigenvalue weighted by atomic mass is 32.2. The van der Waals surface area contributed by atoms with Crippen LogP contribution in [0.3, 0.4) is 0 Å². The molecule has 0 unspecified atom stereocenters. The summed E-state index contributed by atoms with van der Waals surface area (Å²) in [6, 6.07) is 22.7. The topological polar surface area (TPSA) is 46.6 Å². The number of amides is 2. The van der Waals surface area contributed by atoms with Gasteiger partial charge in [0.15, 0.2) is 0 Å². The van der Waals surface area contributed by atoms with Crippen LogP contribution in [0.4, 0.5) is 5.69 Å². The number of hydrogen-bond acceptors (Lipinski definition) is 4. The predicted octanol–water partition coefficient (Wildman–Crippen LogP) is 6.17. The van der Waals surface area contributed by atoms with E-state index < -0.39 is 0 Å². The monoisotopic (exact) mass is 443 g/mol. The molecule has 3 aromatic rings. The molecule has 5 heteroatoms. The maximum atomic E-state index is 13.6. The zero-order chi connectivity index (χ0) is 22.7. The molecule has 1 aliphatic heterocycles. The van der Waals surface area contributed by atoms with Crippen molar-refractivity contribution in [2.75, 3.05) is 11.5 Å². The summed E-state index contributed by atoms with van der Waals surface area (Å²) in [4.78, 5) is 29.9. The quantitative estimate of drug-likeness (QED) is 0.410. The molecule has 3 aromatic carbocycles. The molecule has 1 heterocycles. The summed E-state index contributed by atoms with van der Waals surface area (Å²) < 4.78 is 5.68. The van der Waals surface area contributed by atoms with Crippen molar-refractivity contribution in [3.63, 3.8) is 0 Å². The van der Waals surface area contributed by atoms with Crippen LogP contribution in [0.25, 0.3) is 5.57 Å². The van der Waals surface area contributed by atoms with Crippen LogP contribution in [-0.2, 0) is 9.59 Å². The number of aryl methyl sites for hydroxylation is 1. The third-order valence-electron chi connectivity index (χ3n) is 5.44. The maximum absolute atomic E-state index is 13.6. The minimum Gasteiger partial charge on any atom is -0.494 e. The molecule has 0 fully saturated rings. The summed E-state index contributed by atoms with van der Waals surface area (Å²) in [5, 5.41) is 0. The van der Waals surface area contributed by atoms with Crippen molar-refractivity contribution in [3.05, 3.63) is 94.4 Å². The summed E-state index contributed by atoms with van der Waals surface area (Å²) in [6.07, 6.45) is 0.919. The Morgan fingerprint density at radius 2 is 1.56 bits per heavy atom. The molecule has 2 amide bonds. The van der Waals surface area contributed by atoms with Crippen LogP contribution < -0.4 is 9.64 Å². The number of carbonyl (C=O) groups is 2. The maximum Gasteiger partial charge on any atom is 0.272 e. The van der Waals surface area contributed by atoms with E-state index >= 15 is 0 Å². The molecule has 0 atom stereocenters. The Labute approximate surface area is 192 Å². The van der Waals surface area contributed by atoms with Gasteiger partial charge in [-0.15, -0.1) is 0 Å². The summed E-state index contributed by atoms with van der Waals surface area (Å²) in [7, 11) is 0. The zero-order valence-electron chi connectivity index (χ0n) is 18.4. The highest BCUT2D eigenvalue weighted by Gasteiger charge is 2.41. The minimum absolute atomic E-state index is 0.293. The van der Waals surface area contributed by atoms with Crippen molar-refractivity contribution in [3.8, 4) is 5.75 Å². The van der Waals surface area contributed by atoms with E-state index in [9.17, 15) is 9.59 Å². The van der Waals surface area contributed by atoms with Crippen LogP contribution in [0.1, 0.15) is 30.0 Å². The second kappa shape index (κ2) is 9.45. The van der Waals surface area contributed by atoms with Gasteiger partial charge in [0.25, 0.3) is 11.8 Å². The van der Waals surface area contributed by atoms with Gasteiger partial charge in [-0.1, -0.05) is 61.2 Å². The van der Waals surface area contributed by atoms with Crippen molar-refractivity contribution < 1.29 is 14.3 Å². The second-order valence-corrected chi connectivity index (χ2v) is 8.74. The van der Waals surface area contributed by atoms with E-state index in [1.54, 1.807) is 0 Å². The highest BCUT2D eigenvalue weighted by Crippen LogP contribution is 2.42. The van der Waals surface area contributed by atoms with Crippen LogP contribution in [0.5, 0.6) is 5.75 Å². The average molecular weight is 444 g/mol. The van der Waals surface area contributed by atoms with Gasteiger partial charge in [0, 0.05) is 4.90 Å². The van der Waals surface area contributed by atoms with E-state index in [1.807, 2.05) is 86.6 Å². The van der Waals surface area contributed by atoms with Crippen molar-refractivity contribution in [1.82, 2.24) is 0 Å². The van der Waals surface area contributed by atoms with Gasteiger partial charge in [-0.2, -0.15) is 0 Å². The number of thioether (sulfide) groups is 1. The molecule has 0 aliphatic carbocycles. The van der Waals surface area contributed by atoms with E-state index in [2.05, 4.69) is 6.92 Å². The standard InChI is InChI=1S/C27H25NO3S/c1-4-17-31-21-15-13-20(14-16-21)24-25(32-22-10-6-5-7-11-22)27(30)28(26(24)29)23-12-8-9-18(2)19(23)3/h5-16H,4,17H2,1-3H3. The zero-order valence-corrected chi connectivity index (χ0v) is 19.2. The fourth-order valence-corrected chi connectivity index (χ4v) is 4.61. The molecular formula is C27H25NO3S. The van der Waals surface area contributed by atoms with Crippen molar-refractivity contribution >= 4 is 34.8 Å². The van der Waals surface area contributed by atoms with Gasteiger partial charge in [0.05, 0.1) is 22.8 Å². The Morgan fingerprint density at radius 3 is 2.25 bits per heavy atom. The first-order valence-corrected chi connectivity index (χ1v) is 11.5. The van der Waals surface area contributed by atoms with Crippen LogP contribution in [0, 0.1) is 13.8 Å². The van der Waals surface area contributed by atoms with E-state index in [0.717, 1.165) is 28.2 Å². The minimum atomic E-state index is -0.302. The molecule has 0 radical (unpaired) electrons. The molecule has 1 aliphatic rings. The third kappa shape index (κ3) is 4.21. The van der Waals surface area contributed by atoms with Crippen molar-refractivity contribution in [1.29, 1.82) is 0 Å². The van der Waals surface area contributed by atoms with Crippen molar-refractivity contribution in [2.45, 2.75) is 32.1 Å². The lowest BCUT2D eigenvalue weighted by molar-refractivity contribution is -0.119. The van der Waals surface area contributed by atoms with Crippen LogP contribution >= 0.6 is 11.8 Å². The molecule has 0 saturated heterocycles. The van der Waals surface area contributed by atoms with E-state index in [-0.39, 0.29) is 11.8 Å². The number of imide groups is 1. The van der Waals surface area contributed by atoms with E-state index in [0.29, 0.717) is 28.3 Å². The van der Waals surface area contributed by atoms with Crippen molar-refractivity contribution in [2.24, 2.45) is 0 Å². The smallest absolute Gasteiger partial charge is 0.272 e. The van der Waals surface area contributed by atoms with Gasteiger partial charge in [0.2, 0.25) is 0 Å². The van der Waals surface area contributed by atoms with Gasteiger partial charge in [0.1, 0.15) is 5.75 Å². The SMILES string of the molecule is CCCOc1ccc(C2=C(Sc3ccccc3)C(=O)N(c3cccc(C)c3C)C2=O)cc1. The Balaban J connectivity index is 1.78. The van der Waals surface area contributed by atoms with Gasteiger partial charge in [-0.3, -0.25) is 9.59 Å². The predicted molar refractivity (Wildman–Crippen MR) is 130 cm³/mol. The first-order valence-electron chi connectivity index (χ1n) is 10.7. The van der Waals surface area contributed by atoms with Gasteiger partial charge in [-0.25, -0.2) is 4.90 Å². The second-order valence-electron chi connectivity index (χ2n) is 7.66. The fraction of sp³-hybridized carbons (Fsp3) is 0.185. The lowest BCUT2D eigenvalue weighted by Crippen LogP contribution is -2.32. The molecule has 0 spiro atoms. The number of rotatable bonds is 7. The number of nitrogens with zero attached hydrogens (tertiary/aromatic N) is 1. The van der Waals surface area contributed by atoms with Gasteiger partial charge in [-0.05, 0) is 67.3 Å². The molecule has 0 N–H and O–H groups in total. The summed E-state index contributed by atoms with van der Waals surface area (Å²) in [5.41, 5.74) is 3.71. The molecule has 32 heavy (non-hydrogen) atoms. The van der Waals surface area contributed by atoms with Gasteiger partial charge < -0.3 is 4.74 Å². The Morgan fingerprint density at radius 1 is 0.844 bits per heavy atom. The van der Waals surface area contributed by atoms with Crippen LogP contribution in [0.2, 0.25) is 0 Å². The largest absolute Gasteiger partial charge is 0.494 e. The summed E-state index contributed by atoms with van der Waals surface area (Å²) in [5.74, 6) is 0.153. The molecule has 0 aromatic heterocycles. The van der Waals surface area contributed by atoms with E-state index in [4.69, 9.17) is 4.74 Å². The number of hydrogen-bond donors (Lipinski definition) is 0. The first kappa shape index (κ1) is 21.9. The lowest BCUT2D eigenvalue weighted by Gasteiger charge is -2.19. The molecular weight excluding hydrogens is 418 g/mol. The number of ether oxygens (including phenoxy) is 1. The van der Waals surface area contributed by atoms with Crippen LogP contribution in [0.15, 0.2) is 82.6 Å². The Hall–Kier alpha value is -3.31. The molecule has 162 valence electrons. The third-order valence-corrected chi connectivity index (χ3v) is 6.53. The fourth-order valence-electron chi connectivity index (χ4n) is 3.60. The number of carbonyl (C=O) groups excluding carboxylic acids is 2. The normalized spacial score (nSPS) is 13.8. The van der Waals surface area contributed by atoms with E-state index in [1.165, 1.54) is 16.7 Å². The summed E-state index contributed by atoms with van der Waals surface area (Å²) in [6.45, 7) is 6.60. The van der Waals surface area contributed by atoms with Gasteiger partial charge >= 0.3 is 0 Å². The molecule has 4 rings (SSSR count). The molecule has 0 saturated carbocycles. The Bertz CT molecular complexity index is 1180. The number of benzene rings is 3. The lowest BCUT2D eigenvalue weighted by atomic mass is 10.1. The van der Waals surface area contributed by atoms with Crippen LogP contribution in [-0.4, -0.2) is 18.4 Å². The molecule has 0 bridgehead atoms. The first-order chi connectivity index (χ1) is 15.5. The average Bonchev–Trinajstić information content (AvgIpc) is 3.05. The highest BCUT2D eigenvalue weighted by molar-refractivity contribution is 8.04. The molecule has 4 nitrogen and oxygen atoms in total. The Kier molecular flexibility index (Phi) is 6.47. The summed E-state index contributed by atoms with van der Waals surface area (Å²) >= 11 is 1.33.